The van der Waals surface area contributed by atoms with Gasteiger partial charge < -0.3 is 15.5 Å². The van der Waals surface area contributed by atoms with Crippen LogP contribution in [0.4, 0.5) is 19.0 Å². The van der Waals surface area contributed by atoms with Crippen LogP contribution in [-0.4, -0.2) is 47.5 Å². The lowest BCUT2D eigenvalue weighted by Crippen LogP contribution is -2.50. The van der Waals surface area contributed by atoms with E-state index in [1.54, 1.807) is 0 Å². The van der Waals surface area contributed by atoms with Crippen LogP contribution in [0.25, 0.3) is 0 Å². The molecule has 1 aromatic heterocycles. The number of rotatable bonds is 7. The maximum atomic E-state index is 12.6. The summed E-state index contributed by atoms with van der Waals surface area (Å²) in [7, 11) is 0. The van der Waals surface area contributed by atoms with Crippen molar-refractivity contribution in [3.63, 3.8) is 0 Å². The van der Waals surface area contributed by atoms with Crippen molar-refractivity contribution in [2.24, 2.45) is 5.92 Å². The molecule has 5 nitrogen and oxygen atoms in total. The van der Waals surface area contributed by atoms with Gasteiger partial charge in [-0.1, -0.05) is 18.0 Å². The smallest absolute Gasteiger partial charge is 0.368 e. The first-order chi connectivity index (χ1) is 13.7. The highest BCUT2D eigenvalue weighted by atomic mass is 35.5. The van der Waals surface area contributed by atoms with Gasteiger partial charge in [-0.15, -0.1) is 0 Å². The van der Waals surface area contributed by atoms with Crippen molar-refractivity contribution >= 4 is 23.3 Å². The lowest BCUT2D eigenvalue weighted by molar-refractivity contribution is -0.137. The highest BCUT2D eigenvalue weighted by Gasteiger charge is 2.32. The minimum absolute atomic E-state index is 0.0891. The Balaban J connectivity index is 1.41. The SMILES string of the molecule is CC(NC(=O)CCNc1ncc(C(F)(F)F)cc1Cl)C1CCCN(C2CCC2)C1. The van der Waals surface area contributed by atoms with Gasteiger partial charge in [0.15, 0.2) is 0 Å². The second kappa shape index (κ2) is 9.51. The molecule has 0 bridgehead atoms. The number of anilines is 1. The number of hydrogen-bond donors (Lipinski definition) is 2. The van der Waals surface area contributed by atoms with E-state index in [0.29, 0.717) is 5.92 Å². The Bertz CT molecular complexity index is 711. The van der Waals surface area contributed by atoms with Crippen molar-refractivity contribution < 1.29 is 18.0 Å². The van der Waals surface area contributed by atoms with Crippen LogP contribution < -0.4 is 10.6 Å². The molecule has 1 aromatic rings. The fourth-order valence-corrected chi connectivity index (χ4v) is 4.23. The van der Waals surface area contributed by atoms with Crippen LogP contribution in [-0.2, 0) is 11.0 Å². The number of nitrogens with one attached hydrogen (secondary N) is 2. The molecule has 1 aliphatic carbocycles. The Morgan fingerprint density at radius 3 is 2.72 bits per heavy atom. The summed E-state index contributed by atoms with van der Waals surface area (Å²) in [5.74, 6) is 0.505. The topological polar surface area (TPSA) is 57.3 Å². The first-order valence-corrected chi connectivity index (χ1v) is 10.6. The van der Waals surface area contributed by atoms with Crippen LogP contribution in [0.3, 0.4) is 0 Å². The van der Waals surface area contributed by atoms with Gasteiger partial charge in [0, 0.05) is 37.8 Å². The average molecular weight is 433 g/mol. The molecular weight excluding hydrogens is 405 g/mol. The van der Waals surface area contributed by atoms with Crippen LogP contribution in [0, 0.1) is 5.92 Å². The molecule has 2 fully saturated rings. The minimum atomic E-state index is -4.49. The largest absolute Gasteiger partial charge is 0.417 e. The molecule has 0 aromatic carbocycles. The van der Waals surface area contributed by atoms with E-state index in [9.17, 15) is 18.0 Å². The highest BCUT2D eigenvalue weighted by molar-refractivity contribution is 6.32. The number of alkyl halides is 3. The van der Waals surface area contributed by atoms with Gasteiger partial charge in [0.2, 0.25) is 5.91 Å². The molecule has 2 N–H and O–H groups in total. The fraction of sp³-hybridized carbons (Fsp3) is 0.700. The van der Waals surface area contributed by atoms with Gasteiger partial charge in [-0.2, -0.15) is 13.2 Å². The normalized spacial score (nSPS) is 22.0. The molecule has 0 spiro atoms. The molecule has 1 saturated carbocycles. The number of piperidine rings is 1. The number of amides is 1. The van der Waals surface area contributed by atoms with Gasteiger partial charge in [0.25, 0.3) is 0 Å². The van der Waals surface area contributed by atoms with Crippen molar-refractivity contribution in [3.8, 4) is 0 Å². The van der Waals surface area contributed by atoms with E-state index in [1.165, 1.54) is 25.7 Å². The summed E-state index contributed by atoms with van der Waals surface area (Å²) in [6, 6.07) is 1.65. The third-order valence-corrected chi connectivity index (χ3v) is 6.28. The van der Waals surface area contributed by atoms with Crippen molar-refractivity contribution in [2.45, 2.75) is 63.7 Å². The zero-order valence-corrected chi connectivity index (χ0v) is 17.3. The molecule has 1 saturated heterocycles. The molecule has 2 aliphatic rings. The zero-order valence-electron chi connectivity index (χ0n) is 16.6. The van der Waals surface area contributed by atoms with E-state index in [0.717, 1.165) is 37.8 Å². The van der Waals surface area contributed by atoms with Gasteiger partial charge in [-0.05, 0) is 51.1 Å². The van der Waals surface area contributed by atoms with Gasteiger partial charge in [-0.25, -0.2) is 4.98 Å². The Morgan fingerprint density at radius 2 is 2.10 bits per heavy atom. The first-order valence-electron chi connectivity index (χ1n) is 10.2. The van der Waals surface area contributed by atoms with Gasteiger partial charge in [-0.3, -0.25) is 4.79 Å². The van der Waals surface area contributed by atoms with Crippen molar-refractivity contribution in [1.82, 2.24) is 15.2 Å². The van der Waals surface area contributed by atoms with Gasteiger partial charge in [0.05, 0.1) is 10.6 Å². The van der Waals surface area contributed by atoms with Crippen LogP contribution in [0.15, 0.2) is 12.3 Å². The molecule has 1 amide bonds. The molecule has 1 aliphatic heterocycles. The van der Waals surface area contributed by atoms with Crippen molar-refractivity contribution in [1.29, 1.82) is 0 Å². The summed E-state index contributed by atoms with van der Waals surface area (Å²) < 4.78 is 37.9. The molecule has 3 rings (SSSR count). The summed E-state index contributed by atoms with van der Waals surface area (Å²) in [6.07, 6.45) is 2.63. The van der Waals surface area contributed by atoms with Gasteiger partial charge >= 0.3 is 6.18 Å². The molecule has 29 heavy (non-hydrogen) atoms. The molecule has 2 unspecified atom stereocenters. The molecule has 2 atom stereocenters. The highest BCUT2D eigenvalue weighted by Crippen LogP contribution is 2.32. The summed E-state index contributed by atoms with van der Waals surface area (Å²) in [6.45, 7) is 4.49. The van der Waals surface area contributed by atoms with Gasteiger partial charge in [0.1, 0.15) is 5.82 Å². The standard InChI is InChI=1S/C20H28ClF3N4O/c1-13(14-4-3-9-28(12-14)16-5-2-6-16)27-18(29)7-8-25-19-17(21)10-15(11-26-19)20(22,23)24/h10-11,13-14,16H,2-9,12H2,1H3,(H,25,26)(H,27,29). The minimum Gasteiger partial charge on any atom is -0.368 e. The Morgan fingerprint density at radius 1 is 1.34 bits per heavy atom. The zero-order chi connectivity index (χ0) is 21.0. The summed E-state index contributed by atoms with van der Waals surface area (Å²) in [4.78, 5) is 18.6. The van der Waals surface area contributed by atoms with Crippen LogP contribution >= 0.6 is 11.6 Å². The summed E-state index contributed by atoms with van der Waals surface area (Å²) in [5, 5.41) is 5.78. The van der Waals surface area contributed by atoms with E-state index < -0.39 is 11.7 Å². The van der Waals surface area contributed by atoms with Crippen molar-refractivity contribution in [3.05, 3.63) is 22.8 Å². The maximum absolute atomic E-state index is 12.6. The van der Waals surface area contributed by atoms with E-state index in [1.807, 2.05) is 0 Å². The Kier molecular flexibility index (Phi) is 7.27. The molecule has 162 valence electrons. The number of aromatic nitrogens is 1. The van der Waals surface area contributed by atoms with E-state index >= 15 is 0 Å². The number of carbonyl (C=O) groups is 1. The number of nitrogens with zero attached hydrogens (tertiary/aromatic N) is 2. The monoisotopic (exact) mass is 432 g/mol. The quantitative estimate of drug-likeness (QED) is 0.673. The fourth-order valence-electron chi connectivity index (χ4n) is 3.99. The van der Waals surface area contributed by atoms with Crippen molar-refractivity contribution in [2.75, 3.05) is 25.0 Å². The van der Waals surface area contributed by atoms with E-state index in [-0.39, 0.29) is 35.8 Å². The number of carbonyl (C=O) groups excluding carboxylic acids is 1. The third-order valence-electron chi connectivity index (χ3n) is 5.99. The lowest BCUT2D eigenvalue weighted by atomic mass is 9.85. The predicted molar refractivity (Wildman–Crippen MR) is 107 cm³/mol. The molecular formula is C20H28ClF3N4O. The predicted octanol–water partition coefficient (Wildman–Crippen LogP) is 4.33. The van der Waals surface area contributed by atoms with E-state index in [4.69, 9.17) is 11.6 Å². The Labute approximate surface area is 174 Å². The second-order valence-corrected chi connectivity index (χ2v) is 8.47. The maximum Gasteiger partial charge on any atom is 0.417 e. The third kappa shape index (κ3) is 5.98. The molecule has 2 heterocycles. The molecule has 0 radical (unpaired) electrons. The number of likely N-dealkylation sites (tertiary alicyclic amines) is 1. The second-order valence-electron chi connectivity index (χ2n) is 8.07. The lowest BCUT2D eigenvalue weighted by Gasteiger charge is -2.43. The Hall–Kier alpha value is -1.54. The average Bonchev–Trinajstić information content (AvgIpc) is 2.61. The molecule has 9 heteroatoms. The van der Waals surface area contributed by atoms with Crippen LogP contribution in [0.2, 0.25) is 5.02 Å². The van der Waals surface area contributed by atoms with E-state index in [2.05, 4.69) is 27.4 Å². The van der Waals surface area contributed by atoms with Crippen LogP contribution in [0.1, 0.15) is 51.0 Å². The number of pyridine rings is 1. The van der Waals surface area contributed by atoms with Crippen LogP contribution in [0.5, 0.6) is 0 Å². The summed E-state index contributed by atoms with van der Waals surface area (Å²) >= 11 is 5.86. The summed E-state index contributed by atoms with van der Waals surface area (Å²) in [5.41, 5.74) is -0.900. The first kappa shape index (κ1) is 22.2. The number of hydrogen-bond acceptors (Lipinski definition) is 4. The number of halogens is 4.